The van der Waals surface area contributed by atoms with Gasteiger partial charge in [-0.15, -0.1) is 0 Å². The van der Waals surface area contributed by atoms with Crippen LogP contribution in [-0.2, 0) is 16.4 Å². The SMILES string of the molecule is CCc1cccc(NC(=O)c2ccc(S(=O)(=O)Nc3ccccc3C)cc2)c1. The van der Waals surface area contributed by atoms with Crippen LogP contribution < -0.4 is 10.0 Å². The summed E-state index contributed by atoms with van der Waals surface area (Å²) >= 11 is 0. The predicted molar refractivity (Wildman–Crippen MR) is 112 cm³/mol. The van der Waals surface area contributed by atoms with Gasteiger partial charge in [0.15, 0.2) is 0 Å². The van der Waals surface area contributed by atoms with Gasteiger partial charge in [0, 0.05) is 11.3 Å². The second-order valence-electron chi connectivity index (χ2n) is 6.45. The zero-order valence-electron chi connectivity index (χ0n) is 15.8. The largest absolute Gasteiger partial charge is 0.322 e. The molecule has 0 aromatic heterocycles. The van der Waals surface area contributed by atoms with E-state index in [2.05, 4.69) is 10.0 Å². The molecule has 0 heterocycles. The monoisotopic (exact) mass is 394 g/mol. The second-order valence-corrected chi connectivity index (χ2v) is 8.14. The average molecular weight is 394 g/mol. The minimum absolute atomic E-state index is 0.0975. The second kappa shape index (κ2) is 8.27. The van der Waals surface area contributed by atoms with Crippen molar-refractivity contribution in [3.05, 3.63) is 89.5 Å². The van der Waals surface area contributed by atoms with Gasteiger partial charge in [0.2, 0.25) is 0 Å². The normalized spacial score (nSPS) is 11.1. The van der Waals surface area contributed by atoms with Crippen molar-refractivity contribution in [2.75, 3.05) is 10.0 Å². The predicted octanol–water partition coefficient (Wildman–Crippen LogP) is 4.61. The van der Waals surface area contributed by atoms with E-state index in [1.165, 1.54) is 24.3 Å². The number of benzene rings is 3. The highest BCUT2D eigenvalue weighted by Crippen LogP contribution is 2.20. The molecule has 3 aromatic rings. The molecule has 0 saturated carbocycles. The fraction of sp³-hybridized carbons (Fsp3) is 0.136. The first-order valence-electron chi connectivity index (χ1n) is 8.98. The summed E-state index contributed by atoms with van der Waals surface area (Å²) < 4.78 is 27.7. The highest BCUT2D eigenvalue weighted by molar-refractivity contribution is 7.92. The average Bonchev–Trinajstić information content (AvgIpc) is 2.70. The lowest BCUT2D eigenvalue weighted by molar-refractivity contribution is 0.102. The fourth-order valence-corrected chi connectivity index (χ4v) is 3.88. The molecule has 28 heavy (non-hydrogen) atoms. The van der Waals surface area contributed by atoms with Crippen molar-refractivity contribution in [1.82, 2.24) is 0 Å². The fourth-order valence-electron chi connectivity index (χ4n) is 2.75. The minimum atomic E-state index is -3.73. The van der Waals surface area contributed by atoms with Gasteiger partial charge in [-0.1, -0.05) is 37.3 Å². The van der Waals surface area contributed by atoms with Gasteiger partial charge in [0.1, 0.15) is 0 Å². The van der Waals surface area contributed by atoms with Crippen molar-refractivity contribution < 1.29 is 13.2 Å². The number of carbonyl (C=O) groups excluding carboxylic acids is 1. The molecule has 0 aliphatic rings. The summed E-state index contributed by atoms with van der Waals surface area (Å²) in [5.41, 5.74) is 3.58. The number of anilines is 2. The van der Waals surface area contributed by atoms with E-state index in [1.807, 2.05) is 50.2 Å². The molecule has 0 bridgehead atoms. The number of amides is 1. The number of carbonyl (C=O) groups is 1. The molecule has 1 amide bonds. The Hall–Kier alpha value is -3.12. The van der Waals surface area contributed by atoms with Gasteiger partial charge in [0.25, 0.3) is 15.9 Å². The van der Waals surface area contributed by atoms with E-state index in [0.29, 0.717) is 16.9 Å². The number of nitrogens with one attached hydrogen (secondary N) is 2. The van der Waals surface area contributed by atoms with Gasteiger partial charge in [0.05, 0.1) is 10.6 Å². The summed E-state index contributed by atoms with van der Waals surface area (Å²) in [6.07, 6.45) is 0.879. The molecule has 0 atom stereocenters. The Kier molecular flexibility index (Phi) is 5.80. The Balaban J connectivity index is 1.75. The van der Waals surface area contributed by atoms with Crippen LogP contribution in [0.25, 0.3) is 0 Å². The number of para-hydroxylation sites is 1. The van der Waals surface area contributed by atoms with Crippen molar-refractivity contribution in [3.63, 3.8) is 0 Å². The van der Waals surface area contributed by atoms with Crippen molar-refractivity contribution >= 4 is 27.3 Å². The summed E-state index contributed by atoms with van der Waals surface area (Å²) in [5.74, 6) is -0.288. The van der Waals surface area contributed by atoms with Crippen LogP contribution in [0.3, 0.4) is 0 Å². The van der Waals surface area contributed by atoms with Crippen LogP contribution in [0.15, 0.2) is 77.7 Å². The molecule has 0 saturated heterocycles. The van der Waals surface area contributed by atoms with Crippen LogP contribution in [0.1, 0.15) is 28.4 Å². The third kappa shape index (κ3) is 4.58. The van der Waals surface area contributed by atoms with Crippen molar-refractivity contribution in [2.24, 2.45) is 0 Å². The first-order chi connectivity index (χ1) is 13.4. The maximum Gasteiger partial charge on any atom is 0.261 e. The van der Waals surface area contributed by atoms with E-state index >= 15 is 0 Å². The Morgan fingerprint density at radius 2 is 1.64 bits per heavy atom. The summed E-state index contributed by atoms with van der Waals surface area (Å²) in [6, 6.07) is 20.6. The summed E-state index contributed by atoms with van der Waals surface area (Å²) in [4.78, 5) is 12.5. The molecule has 0 fully saturated rings. The van der Waals surface area contributed by atoms with E-state index in [4.69, 9.17) is 0 Å². The Bertz CT molecular complexity index is 1090. The Morgan fingerprint density at radius 3 is 2.32 bits per heavy atom. The molecule has 0 radical (unpaired) electrons. The van der Waals surface area contributed by atoms with Crippen LogP contribution in [-0.4, -0.2) is 14.3 Å². The highest BCUT2D eigenvalue weighted by atomic mass is 32.2. The molecule has 0 aliphatic carbocycles. The Morgan fingerprint density at radius 1 is 0.929 bits per heavy atom. The molecular formula is C22H22N2O3S. The first-order valence-corrected chi connectivity index (χ1v) is 10.5. The molecule has 6 heteroatoms. The van der Waals surface area contributed by atoms with E-state index in [9.17, 15) is 13.2 Å². The maximum atomic E-state index is 12.6. The lowest BCUT2D eigenvalue weighted by Crippen LogP contribution is -2.15. The van der Waals surface area contributed by atoms with Crippen LogP contribution in [0.4, 0.5) is 11.4 Å². The molecule has 144 valence electrons. The molecule has 2 N–H and O–H groups in total. The molecule has 0 spiro atoms. The van der Waals surface area contributed by atoms with Crippen LogP contribution in [0, 0.1) is 6.92 Å². The molecular weight excluding hydrogens is 372 g/mol. The van der Waals surface area contributed by atoms with Crippen LogP contribution in [0.2, 0.25) is 0 Å². The zero-order chi connectivity index (χ0) is 20.1. The van der Waals surface area contributed by atoms with Crippen molar-refractivity contribution in [1.29, 1.82) is 0 Å². The number of aryl methyl sites for hydroxylation is 2. The van der Waals surface area contributed by atoms with Crippen LogP contribution >= 0.6 is 0 Å². The number of hydrogen-bond acceptors (Lipinski definition) is 3. The van der Waals surface area contributed by atoms with Gasteiger partial charge in [-0.3, -0.25) is 9.52 Å². The topological polar surface area (TPSA) is 75.3 Å². The first kappa shape index (κ1) is 19.6. The quantitative estimate of drug-likeness (QED) is 0.641. The standard InChI is InChI=1S/C22H22N2O3S/c1-3-17-8-6-9-19(15-17)23-22(25)18-11-13-20(14-12-18)28(26,27)24-21-10-5-4-7-16(21)2/h4-15,24H,3H2,1-2H3,(H,23,25). The number of hydrogen-bond donors (Lipinski definition) is 2. The van der Waals surface area contributed by atoms with E-state index in [0.717, 1.165) is 17.5 Å². The maximum absolute atomic E-state index is 12.6. The molecule has 5 nitrogen and oxygen atoms in total. The van der Waals surface area contributed by atoms with Crippen LogP contribution in [0.5, 0.6) is 0 Å². The zero-order valence-corrected chi connectivity index (χ0v) is 16.6. The number of sulfonamides is 1. The summed E-state index contributed by atoms with van der Waals surface area (Å²) in [6.45, 7) is 3.88. The summed E-state index contributed by atoms with van der Waals surface area (Å²) in [5, 5.41) is 2.83. The highest BCUT2D eigenvalue weighted by Gasteiger charge is 2.16. The molecule has 0 aliphatic heterocycles. The lowest BCUT2D eigenvalue weighted by atomic mass is 10.1. The molecule has 3 rings (SSSR count). The van der Waals surface area contributed by atoms with Gasteiger partial charge >= 0.3 is 0 Å². The molecule has 3 aromatic carbocycles. The lowest BCUT2D eigenvalue weighted by Gasteiger charge is -2.11. The third-order valence-corrected chi connectivity index (χ3v) is 5.79. The smallest absolute Gasteiger partial charge is 0.261 e. The van der Waals surface area contributed by atoms with E-state index < -0.39 is 10.0 Å². The van der Waals surface area contributed by atoms with E-state index in [-0.39, 0.29) is 10.8 Å². The van der Waals surface area contributed by atoms with Crippen molar-refractivity contribution in [2.45, 2.75) is 25.2 Å². The van der Waals surface area contributed by atoms with Gasteiger partial charge in [-0.25, -0.2) is 8.42 Å². The summed E-state index contributed by atoms with van der Waals surface area (Å²) in [7, 11) is -3.73. The van der Waals surface area contributed by atoms with E-state index in [1.54, 1.807) is 12.1 Å². The molecule has 0 unspecified atom stereocenters. The van der Waals surface area contributed by atoms with Gasteiger partial charge < -0.3 is 5.32 Å². The van der Waals surface area contributed by atoms with Crippen molar-refractivity contribution in [3.8, 4) is 0 Å². The van der Waals surface area contributed by atoms with Gasteiger partial charge in [-0.2, -0.15) is 0 Å². The minimum Gasteiger partial charge on any atom is -0.322 e. The number of rotatable bonds is 6. The third-order valence-electron chi connectivity index (χ3n) is 4.41. The van der Waals surface area contributed by atoms with Gasteiger partial charge in [-0.05, 0) is 66.9 Å². The Labute approximate surface area is 165 Å².